The molecule has 1 aromatic heterocycles. The van der Waals surface area contributed by atoms with Gasteiger partial charge >= 0.3 is 0 Å². The molecule has 1 amide bonds. The molecule has 0 aliphatic carbocycles. The topological polar surface area (TPSA) is 34.4 Å². The van der Waals surface area contributed by atoms with Gasteiger partial charge in [-0.3, -0.25) is 4.79 Å². The van der Waals surface area contributed by atoms with E-state index < -0.39 is 0 Å². The molecule has 0 aliphatic heterocycles. The van der Waals surface area contributed by atoms with Crippen LogP contribution < -0.4 is 5.49 Å². The number of nitrogens with zero attached hydrogens (tertiary/aromatic N) is 2. The first-order valence-electron chi connectivity index (χ1n) is 7.68. The van der Waals surface area contributed by atoms with Crippen molar-refractivity contribution in [3.63, 3.8) is 0 Å². The second kappa shape index (κ2) is 7.41. The molecule has 3 rings (SSSR count). The van der Waals surface area contributed by atoms with E-state index in [9.17, 15) is 4.79 Å². The zero-order chi connectivity index (χ0) is 16.9. The first-order chi connectivity index (χ1) is 11.6. The van der Waals surface area contributed by atoms with Crippen molar-refractivity contribution in [1.29, 1.82) is 0 Å². The molecule has 0 unspecified atom stereocenters. The Morgan fingerprint density at radius 3 is 2.46 bits per heavy atom. The van der Waals surface area contributed by atoms with Gasteiger partial charge < -0.3 is 4.57 Å². The summed E-state index contributed by atoms with van der Waals surface area (Å²) < 4.78 is 2.72. The number of carbonyl (C=O) groups is 1. The predicted octanol–water partition coefficient (Wildman–Crippen LogP) is 4.35. The molecule has 0 aliphatic rings. The summed E-state index contributed by atoms with van der Waals surface area (Å²) in [5, 5.41) is 0. The molecule has 3 nitrogen and oxygen atoms in total. The number of halogens is 1. The SMILES string of the molecule is Cc1ccc(Cn2ccccc2=NC(=O)c2ccccc2Br)cc1. The van der Waals surface area contributed by atoms with Crippen molar-refractivity contribution in [1.82, 2.24) is 4.57 Å². The smallest absolute Gasteiger partial charge is 0.280 e. The van der Waals surface area contributed by atoms with E-state index in [1.54, 1.807) is 6.07 Å². The highest BCUT2D eigenvalue weighted by atomic mass is 79.9. The average molecular weight is 381 g/mol. The second-order valence-electron chi connectivity index (χ2n) is 5.57. The number of hydrogen-bond donors (Lipinski definition) is 0. The molecule has 24 heavy (non-hydrogen) atoms. The van der Waals surface area contributed by atoms with Crippen LogP contribution in [0.1, 0.15) is 21.5 Å². The van der Waals surface area contributed by atoms with E-state index in [1.165, 1.54) is 11.1 Å². The van der Waals surface area contributed by atoms with Gasteiger partial charge in [0.15, 0.2) is 0 Å². The fourth-order valence-electron chi connectivity index (χ4n) is 2.39. The van der Waals surface area contributed by atoms with Crippen LogP contribution in [0.2, 0.25) is 0 Å². The van der Waals surface area contributed by atoms with Crippen LogP contribution >= 0.6 is 15.9 Å². The van der Waals surface area contributed by atoms with Crippen molar-refractivity contribution in [2.24, 2.45) is 4.99 Å². The summed E-state index contributed by atoms with van der Waals surface area (Å²) in [6.45, 7) is 2.74. The number of aromatic nitrogens is 1. The zero-order valence-corrected chi connectivity index (χ0v) is 14.9. The Hall–Kier alpha value is -2.46. The van der Waals surface area contributed by atoms with E-state index in [4.69, 9.17) is 0 Å². The summed E-state index contributed by atoms with van der Waals surface area (Å²) in [6, 6.07) is 21.3. The molecule has 0 saturated carbocycles. The quantitative estimate of drug-likeness (QED) is 0.664. The molecule has 2 aromatic carbocycles. The van der Waals surface area contributed by atoms with Crippen molar-refractivity contribution in [3.8, 4) is 0 Å². The second-order valence-corrected chi connectivity index (χ2v) is 6.42. The van der Waals surface area contributed by atoms with Crippen LogP contribution in [-0.4, -0.2) is 10.5 Å². The first kappa shape index (κ1) is 16.4. The molecule has 0 atom stereocenters. The van der Waals surface area contributed by atoms with Crippen LogP contribution in [0.15, 0.2) is 82.4 Å². The normalized spacial score (nSPS) is 11.5. The van der Waals surface area contributed by atoms with Crippen molar-refractivity contribution in [2.45, 2.75) is 13.5 Å². The molecule has 4 heteroatoms. The van der Waals surface area contributed by atoms with Crippen LogP contribution in [-0.2, 0) is 6.54 Å². The molecule has 0 saturated heterocycles. The maximum atomic E-state index is 12.5. The van der Waals surface area contributed by atoms with Gasteiger partial charge in [-0.25, -0.2) is 0 Å². The summed E-state index contributed by atoms with van der Waals surface area (Å²) in [4.78, 5) is 16.8. The Bertz CT molecular complexity index is 927. The van der Waals surface area contributed by atoms with Gasteiger partial charge in [-0.2, -0.15) is 4.99 Å². The molecule has 0 spiro atoms. The minimum absolute atomic E-state index is 0.258. The van der Waals surface area contributed by atoms with Crippen LogP contribution in [0.4, 0.5) is 0 Å². The van der Waals surface area contributed by atoms with Crippen molar-refractivity contribution in [3.05, 3.63) is 99.6 Å². The summed E-state index contributed by atoms with van der Waals surface area (Å²) in [6.07, 6.45) is 1.94. The van der Waals surface area contributed by atoms with Crippen LogP contribution in [0.5, 0.6) is 0 Å². The van der Waals surface area contributed by atoms with E-state index in [1.807, 2.05) is 47.2 Å². The predicted molar refractivity (Wildman–Crippen MR) is 98.7 cm³/mol. The number of aryl methyl sites for hydroxylation is 1. The van der Waals surface area contributed by atoms with E-state index in [0.29, 0.717) is 17.6 Å². The average Bonchev–Trinajstić information content (AvgIpc) is 2.59. The number of carbonyl (C=O) groups excluding carboxylic acids is 1. The minimum atomic E-state index is -0.258. The fraction of sp³-hybridized carbons (Fsp3) is 0.100. The van der Waals surface area contributed by atoms with E-state index >= 15 is 0 Å². The standard InChI is InChI=1S/C20H17BrN2O/c1-15-9-11-16(12-10-15)14-23-13-5-4-8-19(23)22-20(24)17-6-2-3-7-18(17)21/h2-13H,14H2,1H3. The number of rotatable bonds is 3. The summed E-state index contributed by atoms with van der Waals surface area (Å²) >= 11 is 3.40. The lowest BCUT2D eigenvalue weighted by atomic mass is 10.1. The number of amides is 1. The van der Waals surface area contributed by atoms with Gasteiger partial charge in [0.1, 0.15) is 5.49 Å². The van der Waals surface area contributed by atoms with E-state index in [-0.39, 0.29) is 5.91 Å². The van der Waals surface area contributed by atoms with Crippen LogP contribution in [0.25, 0.3) is 0 Å². The van der Waals surface area contributed by atoms with Gasteiger partial charge in [0.25, 0.3) is 5.91 Å². The minimum Gasteiger partial charge on any atom is -0.328 e. The summed E-state index contributed by atoms with van der Waals surface area (Å²) in [5.41, 5.74) is 3.59. The number of pyridine rings is 1. The lowest BCUT2D eigenvalue weighted by molar-refractivity contribution is 0.0996. The zero-order valence-electron chi connectivity index (χ0n) is 13.3. The molecular weight excluding hydrogens is 364 g/mol. The summed E-state index contributed by atoms with van der Waals surface area (Å²) in [7, 11) is 0. The molecule has 0 radical (unpaired) electrons. The molecular formula is C20H17BrN2O. The Morgan fingerprint density at radius 1 is 1.00 bits per heavy atom. The van der Waals surface area contributed by atoms with Gasteiger partial charge in [0.2, 0.25) is 0 Å². The Kier molecular flexibility index (Phi) is 5.06. The number of hydrogen-bond acceptors (Lipinski definition) is 1. The monoisotopic (exact) mass is 380 g/mol. The highest BCUT2D eigenvalue weighted by Crippen LogP contribution is 2.16. The lowest BCUT2D eigenvalue weighted by Gasteiger charge is -2.08. The molecule has 0 bridgehead atoms. The van der Waals surface area contributed by atoms with Crippen molar-refractivity contribution < 1.29 is 4.79 Å². The lowest BCUT2D eigenvalue weighted by Crippen LogP contribution is -2.22. The van der Waals surface area contributed by atoms with E-state index in [0.717, 1.165) is 4.47 Å². The van der Waals surface area contributed by atoms with Gasteiger partial charge in [-0.15, -0.1) is 0 Å². The molecule has 0 N–H and O–H groups in total. The van der Waals surface area contributed by atoms with Gasteiger partial charge in [-0.05, 0) is 52.7 Å². The van der Waals surface area contributed by atoms with Crippen LogP contribution in [0, 0.1) is 6.92 Å². The maximum Gasteiger partial charge on any atom is 0.280 e. The molecule has 120 valence electrons. The highest BCUT2D eigenvalue weighted by molar-refractivity contribution is 9.10. The third-order valence-corrected chi connectivity index (χ3v) is 4.40. The fourth-order valence-corrected chi connectivity index (χ4v) is 2.85. The van der Waals surface area contributed by atoms with Gasteiger partial charge in [-0.1, -0.05) is 48.0 Å². The Balaban J connectivity index is 1.95. The third kappa shape index (κ3) is 3.89. The summed E-state index contributed by atoms with van der Waals surface area (Å²) in [5.74, 6) is -0.258. The Morgan fingerprint density at radius 2 is 1.71 bits per heavy atom. The Labute approximate surface area is 149 Å². The molecule has 1 heterocycles. The highest BCUT2D eigenvalue weighted by Gasteiger charge is 2.08. The largest absolute Gasteiger partial charge is 0.328 e. The first-order valence-corrected chi connectivity index (χ1v) is 8.47. The van der Waals surface area contributed by atoms with Gasteiger partial charge in [0, 0.05) is 17.2 Å². The van der Waals surface area contributed by atoms with Crippen molar-refractivity contribution >= 4 is 21.8 Å². The maximum absolute atomic E-state index is 12.5. The van der Waals surface area contributed by atoms with Gasteiger partial charge in [0.05, 0.1) is 5.56 Å². The third-order valence-electron chi connectivity index (χ3n) is 3.71. The van der Waals surface area contributed by atoms with E-state index in [2.05, 4.69) is 52.1 Å². The molecule has 0 fully saturated rings. The number of benzene rings is 2. The van der Waals surface area contributed by atoms with Crippen molar-refractivity contribution in [2.75, 3.05) is 0 Å². The molecule has 3 aromatic rings. The van der Waals surface area contributed by atoms with Crippen LogP contribution in [0.3, 0.4) is 0 Å².